The van der Waals surface area contributed by atoms with Crippen molar-refractivity contribution in [2.75, 3.05) is 0 Å². The van der Waals surface area contributed by atoms with Gasteiger partial charge in [0.25, 0.3) is 0 Å². The van der Waals surface area contributed by atoms with Crippen molar-refractivity contribution in [3.05, 3.63) is 35.6 Å². The monoisotopic (exact) mass is 227 g/mol. The van der Waals surface area contributed by atoms with Gasteiger partial charge in [-0.3, -0.25) is 0 Å². The van der Waals surface area contributed by atoms with Gasteiger partial charge in [0.1, 0.15) is 29.1 Å². The Hall–Kier alpha value is -1.46. The third-order valence-electron chi connectivity index (χ3n) is 2.36. The highest BCUT2D eigenvalue weighted by Crippen LogP contribution is 2.27. The van der Waals surface area contributed by atoms with E-state index in [1.165, 1.54) is 6.07 Å². The predicted molar refractivity (Wildman–Crippen MR) is 54.7 cm³/mol. The Morgan fingerprint density at radius 1 is 1.31 bits per heavy atom. The van der Waals surface area contributed by atoms with Crippen molar-refractivity contribution in [3.63, 3.8) is 0 Å². The normalized spacial score (nSPS) is 15.3. The van der Waals surface area contributed by atoms with Gasteiger partial charge in [-0.15, -0.1) is 0 Å². The van der Waals surface area contributed by atoms with Crippen LogP contribution in [0.15, 0.2) is 22.6 Å². The fourth-order valence-electron chi connectivity index (χ4n) is 1.49. The van der Waals surface area contributed by atoms with E-state index in [4.69, 9.17) is 10.2 Å². The zero-order chi connectivity index (χ0) is 11.9. The second-order valence-electron chi connectivity index (χ2n) is 3.75. The Labute approximate surface area is 90.5 Å². The molecule has 1 heterocycles. The molecule has 3 nitrogen and oxygen atoms in total. The Morgan fingerprint density at radius 3 is 2.62 bits per heavy atom. The van der Waals surface area contributed by atoms with Crippen LogP contribution in [-0.4, -0.2) is 11.1 Å². The van der Waals surface area contributed by atoms with Crippen LogP contribution in [0.3, 0.4) is 0 Å². The fourth-order valence-corrected chi connectivity index (χ4v) is 1.49. The molecule has 0 saturated heterocycles. The van der Waals surface area contributed by atoms with Gasteiger partial charge in [0.05, 0.1) is 5.39 Å². The van der Waals surface area contributed by atoms with Crippen molar-refractivity contribution < 1.29 is 18.3 Å². The number of rotatable bonds is 2. The van der Waals surface area contributed by atoms with E-state index < -0.39 is 23.8 Å². The lowest BCUT2D eigenvalue weighted by Gasteiger charge is -2.10. The molecule has 1 aromatic carbocycles. The van der Waals surface area contributed by atoms with Gasteiger partial charge in [-0.25, -0.2) is 8.78 Å². The first-order valence-electron chi connectivity index (χ1n) is 4.81. The molecule has 0 fully saturated rings. The standard InChI is InChI=1S/C11H11F2NO2/c1-5(14)11(15)10-4-7-8(13)2-6(12)3-9(7)16-10/h2-5,11,15H,14H2,1H3. The van der Waals surface area contributed by atoms with Gasteiger partial charge >= 0.3 is 0 Å². The summed E-state index contributed by atoms with van der Waals surface area (Å²) in [5, 5.41) is 9.76. The van der Waals surface area contributed by atoms with Crippen LogP contribution in [0.2, 0.25) is 0 Å². The Balaban J connectivity index is 2.56. The molecule has 2 atom stereocenters. The smallest absolute Gasteiger partial charge is 0.140 e. The van der Waals surface area contributed by atoms with Crippen LogP contribution in [0.4, 0.5) is 8.78 Å². The van der Waals surface area contributed by atoms with Crippen LogP contribution in [0.25, 0.3) is 11.0 Å². The van der Waals surface area contributed by atoms with Gasteiger partial charge in [-0.2, -0.15) is 0 Å². The van der Waals surface area contributed by atoms with Crippen molar-refractivity contribution in [2.24, 2.45) is 5.73 Å². The molecule has 0 aliphatic rings. The number of aliphatic hydroxyl groups excluding tert-OH is 1. The zero-order valence-electron chi connectivity index (χ0n) is 8.58. The van der Waals surface area contributed by atoms with Gasteiger partial charge in [-0.05, 0) is 13.0 Å². The number of benzene rings is 1. The predicted octanol–water partition coefficient (Wildman–Crippen LogP) is 2.09. The van der Waals surface area contributed by atoms with Crippen LogP contribution in [0.1, 0.15) is 18.8 Å². The quantitative estimate of drug-likeness (QED) is 0.825. The number of fused-ring (bicyclic) bond motifs is 1. The Morgan fingerprint density at radius 2 is 2.00 bits per heavy atom. The van der Waals surface area contributed by atoms with Crippen molar-refractivity contribution in [1.29, 1.82) is 0 Å². The lowest BCUT2D eigenvalue weighted by molar-refractivity contribution is 0.129. The molecule has 0 bridgehead atoms. The molecule has 0 aliphatic heterocycles. The van der Waals surface area contributed by atoms with Crippen LogP contribution in [-0.2, 0) is 0 Å². The summed E-state index contributed by atoms with van der Waals surface area (Å²) in [7, 11) is 0. The van der Waals surface area contributed by atoms with Crippen LogP contribution in [0.5, 0.6) is 0 Å². The largest absolute Gasteiger partial charge is 0.458 e. The van der Waals surface area contributed by atoms with Crippen molar-refractivity contribution in [2.45, 2.75) is 19.1 Å². The Bertz CT molecular complexity index is 522. The van der Waals surface area contributed by atoms with E-state index in [0.29, 0.717) is 0 Å². The highest BCUT2D eigenvalue weighted by atomic mass is 19.1. The maximum atomic E-state index is 13.3. The lowest BCUT2D eigenvalue weighted by atomic mass is 10.1. The number of aliphatic hydroxyl groups is 1. The molecule has 0 aliphatic carbocycles. The summed E-state index contributed by atoms with van der Waals surface area (Å²) in [4.78, 5) is 0. The first-order chi connectivity index (χ1) is 7.49. The highest BCUT2D eigenvalue weighted by Gasteiger charge is 2.19. The Kier molecular flexibility index (Phi) is 2.65. The van der Waals surface area contributed by atoms with Gasteiger partial charge in [0, 0.05) is 18.2 Å². The molecule has 0 amide bonds. The fraction of sp³-hybridized carbons (Fsp3) is 0.273. The third-order valence-corrected chi connectivity index (χ3v) is 2.36. The third kappa shape index (κ3) is 1.79. The average molecular weight is 227 g/mol. The molecule has 1 aromatic heterocycles. The van der Waals surface area contributed by atoms with Gasteiger partial charge < -0.3 is 15.3 Å². The van der Waals surface area contributed by atoms with Crippen molar-refractivity contribution in [3.8, 4) is 0 Å². The lowest BCUT2D eigenvalue weighted by Crippen LogP contribution is -2.23. The van der Waals surface area contributed by atoms with E-state index in [2.05, 4.69) is 0 Å². The molecule has 2 rings (SSSR count). The molecular weight excluding hydrogens is 216 g/mol. The van der Waals surface area contributed by atoms with Crippen LogP contribution < -0.4 is 5.73 Å². The summed E-state index contributed by atoms with van der Waals surface area (Å²) in [6.45, 7) is 1.59. The molecule has 86 valence electrons. The molecular formula is C11H11F2NO2. The van der Waals surface area contributed by atoms with Gasteiger partial charge in [0.2, 0.25) is 0 Å². The molecule has 5 heteroatoms. The summed E-state index contributed by atoms with van der Waals surface area (Å²) < 4.78 is 31.3. The minimum absolute atomic E-state index is 0.0622. The molecule has 0 saturated carbocycles. The summed E-state index contributed by atoms with van der Waals surface area (Å²) in [5.41, 5.74) is 5.54. The summed E-state index contributed by atoms with van der Waals surface area (Å²) in [6, 6.07) is 2.61. The first kappa shape index (κ1) is 11.0. The highest BCUT2D eigenvalue weighted by molar-refractivity contribution is 5.78. The number of nitrogens with two attached hydrogens (primary N) is 1. The molecule has 16 heavy (non-hydrogen) atoms. The van der Waals surface area contributed by atoms with E-state index in [1.54, 1.807) is 6.92 Å². The molecule has 2 aromatic rings. The van der Waals surface area contributed by atoms with E-state index in [1.807, 2.05) is 0 Å². The van der Waals surface area contributed by atoms with E-state index in [0.717, 1.165) is 12.1 Å². The molecule has 2 unspecified atom stereocenters. The van der Waals surface area contributed by atoms with E-state index in [9.17, 15) is 13.9 Å². The van der Waals surface area contributed by atoms with Crippen molar-refractivity contribution >= 4 is 11.0 Å². The number of furan rings is 1. The summed E-state index contributed by atoms with van der Waals surface area (Å²) in [5.74, 6) is -1.31. The minimum atomic E-state index is -1.03. The second kappa shape index (κ2) is 3.84. The first-order valence-corrected chi connectivity index (χ1v) is 4.81. The minimum Gasteiger partial charge on any atom is -0.458 e. The van der Waals surface area contributed by atoms with Crippen LogP contribution in [0, 0.1) is 11.6 Å². The number of hydrogen-bond acceptors (Lipinski definition) is 3. The summed E-state index contributed by atoms with van der Waals surface area (Å²) in [6.07, 6.45) is -1.03. The molecule has 0 spiro atoms. The maximum absolute atomic E-state index is 13.3. The van der Waals surface area contributed by atoms with Crippen molar-refractivity contribution in [1.82, 2.24) is 0 Å². The zero-order valence-corrected chi connectivity index (χ0v) is 8.58. The second-order valence-corrected chi connectivity index (χ2v) is 3.75. The SMILES string of the molecule is CC(N)C(O)c1cc2c(F)cc(F)cc2o1. The van der Waals surface area contributed by atoms with Crippen LogP contribution >= 0.6 is 0 Å². The number of hydrogen-bond donors (Lipinski definition) is 2. The topological polar surface area (TPSA) is 59.4 Å². The number of halogens is 2. The summed E-state index contributed by atoms with van der Waals surface area (Å²) >= 11 is 0. The average Bonchev–Trinajstić information content (AvgIpc) is 2.60. The molecule has 3 N–H and O–H groups in total. The van der Waals surface area contributed by atoms with Gasteiger partial charge in [-0.1, -0.05) is 0 Å². The van der Waals surface area contributed by atoms with E-state index >= 15 is 0 Å². The van der Waals surface area contributed by atoms with E-state index in [-0.39, 0.29) is 16.7 Å². The maximum Gasteiger partial charge on any atom is 0.140 e. The van der Waals surface area contributed by atoms with Gasteiger partial charge in [0.15, 0.2) is 0 Å². The molecule has 0 radical (unpaired) electrons.